The molecule has 11 aliphatic carbocycles. The maximum absolute atomic E-state index is 2.39. The molecule has 0 amide bonds. The molecule has 0 heterocycles. The van der Waals surface area contributed by atoms with Crippen LogP contribution in [0.3, 0.4) is 0 Å². The number of hydrogen-bond donors (Lipinski definition) is 0. The van der Waals surface area contributed by atoms with Crippen molar-refractivity contribution in [1.82, 2.24) is 0 Å². The van der Waals surface area contributed by atoms with E-state index in [4.69, 9.17) is 0 Å². The Kier molecular flexibility index (Phi) is 38.5. The number of hydrogen-bond acceptors (Lipinski definition) is 0. The summed E-state index contributed by atoms with van der Waals surface area (Å²) in [6.07, 6.45) is 55.8. The first kappa shape index (κ1) is 75.0. The summed E-state index contributed by atoms with van der Waals surface area (Å²) in [7, 11) is 0. The van der Waals surface area contributed by atoms with Crippen molar-refractivity contribution >= 4 is 0 Å². The highest BCUT2D eigenvalue weighted by atomic mass is 14.4. The molecule has 0 aromatic heterocycles. The van der Waals surface area contributed by atoms with Crippen molar-refractivity contribution in [2.24, 2.45) is 98.1 Å². The Hall–Kier alpha value is 0. The third-order valence-corrected chi connectivity index (χ3v) is 23.5. The molecule has 462 valence electrons. The standard InChI is InChI=1S/11C7H14/c1-6-4-7(2,3)5-6;1-6-4-5-7(6,2)3;1-6-3-4-7(2)5-6;1-7(2)5-3-4-6-7;1-6(2)7-4-3-5-7;1-3-7-4-6(2)5-7;2*1-3-7(2)5-4-6-7;1-3-7-5-4-6(7)2;1-2-7-5-3-4-6-7;1-2-4-7-5-3-6-7/h2*6H,4-5H2,1-3H3;6-7H,3-5H2,1-2H3;3-6H2,1-2H3;2*6-7H,3-5H2,1-2H3;2*3-6H2,1-2H3;6-7H,3-5H2,1-2H3;2*7H,2-6H2,1H3/t;6-;6-,7?;;;;;;6-,7?;;/m.01.....0../s1. The smallest absolute Gasteiger partial charge is 0.0328 e. The van der Waals surface area contributed by atoms with Crippen LogP contribution >= 0.6 is 0 Å². The molecule has 0 heteroatoms. The van der Waals surface area contributed by atoms with E-state index in [0.29, 0.717) is 16.2 Å². The highest BCUT2D eigenvalue weighted by Crippen LogP contribution is 2.46. The van der Waals surface area contributed by atoms with Crippen LogP contribution in [0.1, 0.15) is 396 Å². The summed E-state index contributed by atoms with van der Waals surface area (Å²) in [6.45, 7) is 51.3. The van der Waals surface area contributed by atoms with Gasteiger partial charge in [0.05, 0.1) is 0 Å². The Morgan fingerprint density at radius 2 is 0.831 bits per heavy atom. The zero-order valence-electron chi connectivity index (χ0n) is 58.3. The van der Waals surface area contributed by atoms with Crippen LogP contribution in [0.25, 0.3) is 0 Å². The van der Waals surface area contributed by atoms with E-state index >= 15 is 0 Å². The highest BCUT2D eigenvalue weighted by molar-refractivity contribution is 4.86. The fourth-order valence-corrected chi connectivity index (χ4v) is 14.4. The summed E-state index contributed by atoms with van der Waals surface area (Å²) < 4.78 is 0. The van der Waals surface area contributed by atoms with Gasteiger partial charge in [0, 0.05) is 0 Å². The number of rotatable bonds is 8. The highest BCUT2D eigenvalue weighted by Gasteiger charge is 2.35. The maximum atomic E-state index is 2.39. The monoisotopic (exact) mass is 1080 g/mol. The van der Waals surface area contributed by atoms with Crippen molar-refractivity contribution in [2.45, 2.75) is 396 Å². The lowest BCUT2D eigenvalue weighted by molar-refractivity contribution is 0.0892. The second kappa shape index (κ2) is 39.5. The van der Waals surface area contributed by atoms with E-state index in [1.807, 2.05) is 0 Å². The van der Waals surface area contributed by atoms with Crippen molar-refractivity contribution < 1.29 is 0 Å². The molecule has 11 fully saturated rings. The van der Waals surface area contributed by atoms with Gasteiger partial charge in [0.15, 0.2) is 0 Å². The fourth-order valence-electron chi connectivity index (χ4n) is 14.4. The molecule has 0 nitrogen and oxygen atoms in total. The van der Waals surface area contributed by atoms with Crippen molar-refractivity contribution in [1.29, 1.82) is 0 Å². The van der Waals surface area contributed by atoms with Crippen LogP contribution in [0.15, 0.2) is 0 Å². The van der Waals surface area contributed by atoms with Gasteiger partial charge in [-0.3, -0.25) is 0 Å². The van der Waals surface area contributed by atoms with E-state index in [9.17, 15) is 0 Å². The third kappa shape index (κ3) is 33.8. The Bertz CT molecular complexity index is 1270. The summed E-state index contributed by atoms with van der Waals surface area (Å²) in [4.78, 5) is 0. The van der Waals surface area contributed by atoms with Crippen LogP contribution in [0.5, 0.6) is 0 Å². The van der Waals surface area contributed by atoms with Gasteiger partial charge in [-0.05, 0) is 188 Å². The van der Waals surface area contributed by atoms with E-state index in [-0.39, 0.29) is 0 Å². The van der Waals surface area contributed by atoms with E-state index in [2.05, 4.69) is 152 Å². The third-order valence-electron chi connectivity index (χ3n) is 23.5. The minimum Gasteiger partial charge on any atom is -0.0654 e. The van der Waals surface area contributed by atoms with Gasteiger partial charge >= 0.3 is 0 Å². The summed E-state index contributed by atoms with van der Waals surface area (Å²) in [6, 6.07) is 0. The van der Waals surface area contributed by atoms with Gasteiger partial charge in [0.25, 0.3) is 0 Å². The maximum Gasteiger partial charge on any atom is -0.0328 e. The SMILES string of the molecule is CC(C)C1CCC1.CC1(C)CCCC1.CC1CC(C)(C)C1.CC1CC[C@@H](C)C1.CCC1(C)CCC1.CCC1(C)CCC1.CCC1CC(C)C1.CCC1CCCC1.CCC1CC[C@@H]1C.CCCC1CCC1.C[C@H]1CCC1(C)C. The zero-order valence-corrected chi connectivity index (χ0v) is 58.3. The minimum atomic E-state index is 0.681. The Labute approximate surface area is 491 Å². The van der Waals surface area contributed by atoms with Crippen molar-refractivity contribution in [3.63, 3.8) is 0 Å². The van der Waals surface area contributed by atoms with E-state index in [1.165, 1.54) is 244 Å². The molecule has 0 saturated heterocycles. The van der Waals surface area contributed by atoms with Gasteiger partial charge in [-0.25, -0.2) is 0 Å². The van der Waals surface area contributed by atoms with Crippen LogP contribution in [0, 0.1) is 98.1 Å². The molecule has 0 aromatic rings. The molecule has 5 atom stereocenters. The largest absolute Gasteiger partial charge is 0.0654 e. The molecular weight excluding hydrogens is 925 g/mol. The van der Waals surface area contributed by atoms with E-state index in [0.717, 1.165) is 81.8 Å². The quantitative estimate of drug-likeness (QED) is 0.227. The molecule has 11 aliphatic rings. The average molecular weight is 1080 g/mol. The first-order valence-electron chi connectivity index (χ1n) is 36.1. The molecular formula is C77H154. The molecule has 11 saturated carbocycles. The Morgan fingerprint density at radius 3 is 0.909 bits per heavy atom. The normalized spacial score (nSPS) is 30.8. The molecule has 77 heavy (non-hydrogen) atoms. The lowest BCUT2D eigenvalue weighted by atomic mass is 9.64. The average Bonchev–Trinajstić information content (AvgIpc) is 4.09. The predicted octanol–water partition coefficient (Wildman–Crippen LogP) is 27.6. The predicted molar refractivity (Wildman–Crippen MR) is 354 cm³/mol. The van der Waals surface area contributed by atoms with Crippen LogP contribution in [0.2, 0.25) is 0 Å². The van der Waals surface area contributed by atoms with Crippen LogP contribution in [0.4, 0.5) is 0 Å². The summed E-state index contributed by atoms with van der Waals surface area (Å²) in [5.41, 5.74) is 3.60. The first-order valence-corrected chi connectivity index (χ1v) is 36.1. The molecule has 0 spiro atoms. The lowest BCUT2D eigenvalue weighted by Gasteiger charge is -2.42. The molecule has 0 bridgehead atoms. The van der Waals surface area contributed by atoms with Gasteiger partial charge in [0.1, 0.15) is 0 Å². The summed E-state index contributed by atoms with van der Waals surface area (Å²) in [5, 5.41) is 0. The van der Waals surface area contributed by atoms with Gasteiger partial charge < -0.3 is 0 Å². The molecule has 11 rings (SSSR count). The van der Waals surface area contributed by atoms with Crippen LogP contribution < -0.4 is 0 Å². The van der Waals surface area contributed by atoms with Gasteiger partial charge in [-0.1, -0.05) is 306 Å². The van der Waals surface area contributed by atoms with E-state index in [1.54, 1.807) is 0 Å². The topological polar surface area (TPSA) is 0 Å². The Morgan fingerprint density at radius 1 is 0.377 bits per heavy atom. The molecule has 0 N–H and O–H groups in total. The second-order valence-corrected chi connectivity index (χ2v) is 33.2. The van der Waals surface area contributed by atoms with Crippen molar-refractivity contribution in [3.8, 4) is 0 Å². The van der Waals surface area contributed by atoms with Crippen molar-refractivity contribution in [2.75, 3.05) is 0 Å². The Balaban J connectivity index is 0.000000423. The van der Waals surface area contributed by atoms with E-state index < -0.39 is 0 Å². The fraction of sp³-hybridized carbons (Fsp3) is 1.00. The molecule has 0 aromatic carbocycles. The minimum absolute atomic E-state index is 0.681. The molecule has 0 radical (unpaired) electrons. The zero-order chi connectivity index (χ0) is 58.3. The van der Waals surface area contributed by atoms with Gasteiger partial charge in [0.2, 0.25) is 0 Å². The van der Waals surface area contributed by atoms with Crippen LogP contribution in [-0.4, -0.2) is 0 Å². The second-order valence-electron chi connectivity index (χ2n) is 33.2. The van der Waals surface area contributed by atoms with Crippen molar-refractivity contribution in [3.05, 3.63) is 0 Å². The van der Waals surface area contributed by atoms with Crippen LogP contribution in [-0.2, 0) is 0 Å². The molecule has 0 aliphatic heterocycles. The molecule has 2 unspecified atom stereocenters. The summed E-state index contributed by atoms with van der Waals surface area (Å²) in [5.74, 6) is 12.6. The first-order chi connectivity index (χ1) is 36.1. The lowest BCUT2D eigenvalue weighted by Crippen LogP contribution is -2.31. The van der Waals surface area contributed by atoms with Gasteiger partial charge in [-0.2, -0.15) is 0 Å². The van der Waals surface area contributed by atoms with Gasteiger partial charge in [-0.15, -0.1) is 0 Å². The summed E-state index contributed by atoms with van der Waals surface area (Å²) >= 11 is 0.